The first-order chi connectivity index (χ1) is 9.76. The zero-order valence-electron chi connectivity index (χ0n) is 13.1. The normalized spacial score (nSPS) is 30.4. The van der Waals surface area contributed by atoms with Crippen LogP contribution in [0.3, 0.4) is 0 Å². The topological polar surface area (TPSA) is 113 Å². The summed E-state index contributed by atoms with van der Waals surface area (Å²) in [6, 6.07) is -0.830. The van der Waals surface area contributed by atoms with Crippen molar-refractivity contribution >= 4 is 11.9 Å². The minimum Gasteiger partial charge on any atom is -0.479 e. The third-order valence-corrected chi connectivity index (χ3v) is 4.81. The second-order valence-corrected chi connectivity index (χ2v) is 6.18. The summed E-state index contributed by atoms with van der Waals surface area (Å²) in [6.07, 6.45) is 3.11. The number of carbonyl (C=O) groups excluding carboxylic acids is 1. The van der Waals surface area contributed by atoms with Crippen molar-refractivity contribution in [3.63, 3.8) is 0 Å². The predicted molar refractivity (Wildman–Crippen MR) is 79.6 cm³/mol. The van der Waals surface area contributed by atoms with Crippen molar-refractivity contribution < 1.29 is 19.8 Å². The molecule has 0 bridgehead atoms. The Bertz CT molecular complexity index is 384. The van der Waals surface area contributed by atoms with Crippen LogP contribution in [-0.4, -0.2) is 39.8 Å². The van der Waals surface area contributed by atoms with Crippen LogP contribution >= 0.6 is 0 Å². The Morgan fingerprint density at radius 3 is 2.38 bits per heavy atom. The quantitative estimate of drug-likeness (QED) is 0.557. The van der Waals surface area contributed by atoms with Crippen molar-refractivity contribution in [2.75, 3.05) is 0 Å². The van der Waals surface area contributed by atoms with Crippen LogP contribution < -0.4 is 11.1 Å². The smallest absolute Gasteiger partial charge is 0.336 e. The zero-order valence-corrected chi connectivity index (χ0v) is 13.1. The molecule has 1 rings (SSSR count). The van der Waals surface area contributed by atoms with Gasteiger partial charge in [-0.2, -0.15) is 0 Å². The highest BCUT2D eigenvalue weighted by Crippen LogP contribution is 2.39. The van der Waals surface area contributed by atoms with E-state index in [9.17, 15) is 19.8 Å². The van der Waals surface area contributed by atoms with E-state index in [1.807, 2.05) is 0 Å². The second kappa shape index (κ2) is 7.22. The average Bonchev–Trinajstić information content (AvgIpc) is 2.71. The molecule has 1 aliphatic rings. The summed E-state index contributed by atoms with van der Waals surface area (Å²) in [7, 11) is 0. The fourth-order valence-corrected chi connectivity index (χ4v) is 3.51. The molecule has 1 amide bonds. The van der Waals surface area contributed by atoms with Crippen LogP contribution in [-0.2, 0) is 9.59 Å². The maximum absolute atomic E-state index is 11.5. The number of nitrogens with one attached hydrogen (secondary N) is 1. The standard InChI is InChI=1S/C15H28N2O4/c1-4-10(5-2)8-12(17-9(3)18)13-11(16)6-7-15(13,21)14(19)20/h10-13,21H,4-8,16H2,1-3H3,(H,17,18)(H,19,20). The Kier molecular flexibility index (Phi) is 6.16. The number of carbonyl (C=O) groups is 2. The van der Waals surface area contributed by atoms with E-state index in [1.165, 1.54) is 6.92 Å². The number of nitrogens with two attached hydrogens (primary N) is 1. The van der Waals surface area contributed by atoms with Gasteiger partial charge in [-0.25, -0.2) is 4.79 Å². The van der Waals surface area contributed by atoms with E-state index < -0.39 is 29.6 Å². The third-order valence-electron chi connectivity index (χ3n) is 4.81. The summed E-state index contributed by atoms with van der Waals surface area (Å²) in [6.45, 7) is 5.54. The molecule has 122 valence electrons. The molecule has 4 atom stereocenters. The van der Waals surface area contributed by atoms with Crippen molar-refractivity contribution in [3.8, 4) is 0 Å². The summed E-state index contributed by atoms with van der Waals surface area (Å²) < 4.78 is 0. The molecule has 0 aromatic heterocycles. The van der Waals surface area contributed by atoms with E-state index in [4.69, 9.17) is 5.73 Å². The van der Waals surface area contributed by atoms with Gasteiger partial charge < -0.3 is 21.3 Å². The SMILES string of the molecule is CCC(CC)CC(NC(C)=O)C1C(N)CCC1(O)C(=O)O. The van der Waals surface area contributed by atoms with Gasteiger partial charge >= 0.3 is 5.97 Å². The number of hydrogen-bond acceptors (Lipinski definition) is 4. The Morgan fingerprint density at radius 1 is 1.38 bits per heavy atom. The lowest BCUT2D eigenvalue weighted by Crippen LogP contribution is -2.57. The van der Waals surface area contributed by atoms with Gasteiger partial charge in [-0.15, -0.1) is 0 Å². The fourth-order valence-electron chi connectivity index (χ4n) is 3.51. The molecule has 0 aromatic carbocycles. The average molecular weight is 300 g/mol. The van der Waals surface area contributed by atoms with Gasteiger partial charge in [0.05, 0.1) is 0 Å². The van der Waals surface area contributed by atoms with Crippen LogP contribution in [0.2, 0.25) is 0 Å². The molecule has 0 heterocycles. The predicted octanol–water partition coefficient (Wildman–Crippen LogP) is 0.870. The molecule has 6 nitrogen and oxygen atoms in total. The van der Waals surface area contributed by atoms with Gasteiger partial charge in [0.1, 0.15) is 0 Å². The van der Waals surface area contributed by atoms with Crippen LogP contribution in [0.1, 0.15) is 52.9 Å². The van der Waals surface area contributed by atoms with Crippen molar-refractivity contribution in [1.82, 2.24) is 5.32 Å². The molecular formula is C15H28N2O4. The molecule has 4 unspecified atom stereocenters. The maximum atomic E-state index is 11.5. The van der Waals surface area contributed by atoms with Crippen LogP contribution in [0.5, 0.6) is 0 Å². The highest BCUT2D eigenvalue weighted by atomic mass is 16.4. The number of amides is 1. The molecule has 0 aromatic rings. The van der Waals surface area contributed by atoms with Gasteiger partial charge in [0.2, 0.25) is 5.91 Å². The van der Waals surface area contributed by atoms with E-state index in [0.29, 0.717) is 18.8 Å². The third kappa shape index (κ3) is 3.95. The number of hydrogen-bond donors (Lipinski definition) is 4. The molecule has 21 heavy (non-hydrogen) atoms. The number of aliphatic hydroxyl groups is 1. The molecule has 5 N–H and O–H groups in total. The molecule has 0 saturated heterocycles. The van der Waals surface area contributed by atoms with Crippen molar-refractivity contribution in [1.29, 1.82) is 0 Å². The van der Waals surface area contributed by atoms with Crippen LogP contribution in [0.25, 0.3) is 0 Å². The Balaban J connectivity index is 3.04. The van der Waals surface area contributed by atoms with Crippen LogP contribution in [0.15, 0.2) is 0 Å². The van der Waals surface area contributed by atoms with Gasteiger partial charge in [0, 0.05) is 24.9 Å². The highest BCUT2D eigenvalue weighted by molar-refractivity contribution is 5.79. The van der Waals surface area contributed by atoms with E-state index in [0.717, 1.165) is 12.8 Å². The Labute approximate surface area is 126 Å². The molecule has 0 aliphatic heterocycles. The van der Waals surface area contributed by atoms with Crippen LogP contribution in [0.4, 0.5) is 0 Å². The van der Waals surface area contributed by atoms with Crippen molar-refractivity contribution in [2.45, 2.75) is 70.6 Å². The van der Waals surface area contributed by atoms with E-state index >= 15 is 0 Å². The summed E-state index contributed by atoms with van der Waals surface area (Å²) in [5.41, 5.74) is 4.20. The largest absolute Gasteiger partial charge is 0.479 e. The minimum atomic E-state index is -1.85. The molecule has 1 aliphatic carbocycles. The molecule has 1 saturated carbocycles. The van der Waals surface area contributed by atoms with Gasteiger partial charge in [0.15, 0.2) is 5.60 Å². The first-order valence-corrected chi connectivity index (χ1v) is 7.74. The van der Waals surface area contributed by atoms with Gasteiger partial charge in [0.25, 0.3) is 0 Å². The number of rotatable bonds is 7. The lowest BCUT2D eigenvalue weighted by molar-refractivity contribution is -0.164. The summed E-state index contributed by atoms with van der Waals surface area (Å²) in [4.78, 5) is 23.0. The molecule has 0 spiro atoms. The van der Waals surface area contributed by atoms with Crippen molar-refractivity contribution in [2.24, 2.45) is 17.6 Å². The van der Waals surface area contributed by atoms with Gasteiger partial charge in [-0.1, -0.05) is 26.7 Å². The molecule has 1 fully saturated rings. The van der Waals surface area contributed by atoms with Crippen LogP contribution in [0, 0.1) is 11.8 Å². The van der Waals surface area contributed by atoms with Gasteiger partial charge in [-0.05, 0) is 25.2 Å². The monoisotopic (exact) mass is 300 g/mol. The van der Waals surface area contributed by atoms with E-state index in [-0.39, 0.29) is 12.3 Å². The Hall–Kier alpha value is -1.14. The fraction of sp³-hybridized carbons (Fsp3) is 0.867. The van der Waals surface area contributed by atoms with Crippen molar-refractivity contribution in [3.05, 3.63) is 0 Å². The Morgan fingerprint density at radius 2 is 1.95 bits per heavy atom. The summed E-state index contributed by atoms with van der Waals surface area (Å²) >= 11 is 0. The zero-order chi connectivity index (χ0) is 16.2. The summed E-state index contributed by atoms with van der Waals surface area (Å²) in [5, 5.41) is 22.7. The minimum absolute atomic E-state index is 0.132. The first-order valence-electron chi connectivity index (χ1n) is 7.74. The van der Waals surface area contributed by atoms with Gasteiger partial charge in [-0.3, -0.25) is 4.79 Å². The molecule has 0 radical (unpaired) electrons. The molecular weight excluding hydrogens is 272 g/mol. The number of carboxylic acids is 1. The highest BCUT2D eigenvalue weighted by Gasteiger charge is 2.55. The summed E-state index contributed by atoms with van der Waals surface area (Å²) in [5.74, 6) is -1.76. The molecule has 6 heteroatoms. The number of carboxylic acid groups (broad SMARTS) is 1. The first kappa shape index (κ1) is 17.9. The second-order valence-electron chi connectivity index (χ2n) is 6.18. The van der Waals surface area contributed by atoms with E-state index in [1.54, 1.807) is 0 Å². The van der Waals surface area contributed by atoms with E-state index in [2.05, 4.69) is 19.2 Å². The lowest BCUT2D eigenvalue weighted by atomic mass is 9.78. The maximum Gasteiger partial charge on any atom is 0.336 e. The lowest BCUT2D eigenvalue weighted by Gasteiger charge is -2.36. The number of aliphatic carboxylic acids is 1.